The number of halogens is 4. The van der Waals surface area contributed by atoms with Gasteiger partial charge in [0.2, 0.25) is 0 Å². The van der Waals surface area contributed by atoms with Crippen LogP contribution >= 0.6 is 46.4 Å². The lowest BCUT2D eigenvalue weighted by atomic mass is 9.92. The summed E-state index contributed by atoms with van der Waals surface area (Å²) in [7, 11) is 0. The molecule has 16 atom stereocenters. The van der Waals surface area contributed by atoms with Gasteiger partial charge < -0.3 is 102 Å². The number of amides is 2. The van der Waals surface area contributed by atoms with Crippen LogP contribution in [0, 0.1) is 0 Å². The van der Waals surface area contributed by atoms with Crippen molar-refractivity contribution in [1.82, 2.24) is 30.2 Å². The topological polar surface area (TPSA) is 347 Å². The highest BCUT2D eigenvalue weighted by molar-refractivity contribution is 6.22. The molecule has 0 unspecified atom stereocenters. The van der Waals surface area contributed by atoms with E-state index in [2.05, 4.69) is 46.9 Å². The predicted octanol–water partition coefficient (Wildman–Crippen LogP) is 0.737. The third-order valence-corrected chi connectivity index (χ3v) is 16.3. The number of nitrogens with one attached hydrogen (secondary N) is 2. The number of rotatable bonds is 14. The van der Waals surface area contributed by atoms with Crippen molar-refractivity contribution in [2.75, 3.05) is 26.4 Å². The first-order chi connectivity index (χ1) is 36.8. The first-order valence-electron chi connectivity index (χ1n) is 25.2. The monoisotopic (exact) mass is 1180 g/mol. The molecule has 4 fully saturated rings. The van der Waals surface area contributed by atoms with Gasteiger partial charge in [0.15, 0.2) is 24.9 Å². The van der Waals surface area contributed by atoms with E-state index in [1.807, 2.05) is 20.8 Å². The van der Waals surface area contributed by atoms with E-state index >= 15 is 0 Å². The summed E-state index contributed by atoms with van der Waals surface area (Å²) in [5.74, 6) is 1.54. The quantitative estimate of drug-likeness (QED) is 0.107. The highest BCUT2D eigenvalue weighted by Crippen LogP contribution is 2.43. The molecule has 24 nitrogen and oxygen atoms in total. The Labute approximate surface area is 473 Å². The number of carbonyl (C=O) groups is 2. The number of carbonyl (C=O) groups excluding carboxylic acids is 2. The van der Waals surface area contributed by atoms with Crippen LogP contribution in [0.15, 0.2) is 109 Å². The second-order valence-electron chi connectivity index (χ2n) is 19.4. The van der Waals surface area contributed by atoms with Gasteiger partial charge in [-0.25, -0.2) is 9.98 Å². The Hall–Kier alpha value is -4.32. The molecule has 0 saturated carbocycles. The second kappa shape index (κ2) is 27.0. The maximum atomic E-state index is 11.2. The Bertz CT molecular complexity index is 2390. The molecule has 436 valence electrons. The van der Waals surface area contributed by atoms with E-state index in [-0.39, 0.29) is 38.2 Å². The first-order valence-corrected chi connectivity index (χ1v) is 26.9. The van der Waals surface area contributed by atoms with Crippen molar-refractivity contribution < 1.29 is 69.4 Å². The van der Waals surface area contributed by atoms with E-state index in [0.717, 1.165) is 12.8 Å². The van der Waals surface area contributed by atoms with Gasteiger partial charge in [-0.1, -0.05) is 66.9 Å². The largest absolute Gasteiger partial charge is 0.393 e. The number of amidine groups is 2. The molecule has 0 aromatic heterocycles. The molecule has 0 bridgehead atoms. The van der Waals surface area contributed by atoms with Crippen LogP contribution in [0.3, 0.4) is 0 Å². The minimum atomic E-state index is -1.09. The number of nitrogens with zero attached hydrogens (tertiary/aromatic N) is 6. The molecule has 0 aromatic carbocycles. The molecule has 78 heavy (non-hydrogen) atoms. The normalized spacial score (nSPS) is 38.1. The maximum absolute atomic E-state index is 11.2. The summed E-state index contributed by atoms with van der Waals surface area (Å²) in [5, 5.41) is 81.3. The molecule has 0 radical (unpaired) electrons. The molecule has 0 aliphatic carbocycles. The number of ether oxygens (including phenoxy) is 4. The smallest absolute Gasteiger partial charge is 0.250 e. The Morgan fingerprint density at radius 3 is 1.03 bits per heavy atom. The van der Waals surface area contributed by atoms with Crippen LogP contribution in [0.1, 0.15) is 66.2 Å². The Balaban J connectivity index is 0.000000192. The molecular formula is C50H74Cl4N10O14. The molecule has 8 rings (SSSR count). The molecule has 2 amide bonds. The fraction of sp³-hybridized carbons (Fsp3) is 0.600. The summed E-state index contributed by atoms with van der Waals surface area (Å²) < 4.78 is 23.3. The van der Waals surface area contributed by atoms with Crippen molar-refractivity contribution in [3.05, 3.63) is 98.7 Å². The van der Waals surface area contributed by atoms with Crippen LogP contribution < -0.4 is 22.1 Å². The fourth-order valence-corrected chi connectivity index (χ4v) is 11.4. The van der Waals surface area contributed by atoms with E-state index in [0.29, 0.717) is 60.6 Å². The lowest BCUT2D eigenvalue weighted by Gasteiger charge is -2.34. The first kappa shape index (κ1) is 64.5. The lowest BCUT2D eigenvalue weighted by Crippen LogP contribution is -2.45. The van der Waals surface area contributed by atoms with E-state index in [1.165, 1.54) is 29.5 Å². The fourth-order valence-electron chi connectivity index (χ4n) is 9.76. The molecule has 28 heteroatoms. The highest BCUT2D eigenvalue weighted by atomic mass is 35.5. The van der Waals surface area contributed by atoms with Crippen molar-refractivity contribution in [2.45, 2.75) is 159 Å². The van der Waals surface area contributed by atoms with Crippen LogP contribution in [-0.4, -0.2) is 204 Å². The Kier molecular flexibility index (Phi) is 22.3. The summed E-state index contributed by atoms with van der Waals surface area (Å²) in [6, 6.07) is 0. The second-order valence-corrected chi connectivity index (χ2v) is 21.4. The van der Waals surface area contributed by atoms with Crippen molar-refractivity contribution >= 4 is 69.9 Å². The Morgan fingerprint density at radius 2 is 0.782 bits per heavy atom. The van der Waals surface area contributed by atoms with Gasteiger partial charge in [0.25, 0.3) is 11.8 Å². The number of alkyl halides is 4. The van der Waals surface area contributed by atoms with E-state index in [9.17, 15) is 50.4 Å². The maximum Gasteiger partial charge on any atom is 0.250 e. The van der Waals surface area contributed by atoms with Crippen LogP contribution in [0.4, 0.5) is 0 Å². The minimum absolute atomic E-state index is 0.280. The summed E-state index contributed by atoms with van der Waals surface area (Å²) in [6.07, 6.45) is 8.88. The zero-order valence-corrected chi connectivity index (χ0v) is 46.8. The Morgan fingerprint density at radius 1 is 0.513 bits per heavy atom. The number of nitrogens with two attached hydrogens (primary N) is 2. The molecule has 8 aliphatic rings. The van der Waals surface area contributed by atoms with Gasteiger partial charge in [-0.15, -0.1) is 46.4 Å². The van der Waals surface area contributed by atoms with Crippen LogP contribution in [-0.2, 0) is 28.5 Å². The van der Waals surface area contributed by atoms with Crippen molar-refractivity contribution in [1.29, 1.82) is 0 Å². The summed E-state index contributed by atoms with van der Waals surface area (Å²) in [6.45, 7) is 21.3. The van der Waals surface area contributed by atoms with Crippen LogP contribution in [0.2, 0.25) is 0 Å². The SMILES string of the molecule is C=C1N=C(N)C=CN1[C@@H]1O[C@@](CO)(CCC)[C@@H](O)[C@H]1Cl.C=C1N=C(N)C=CN1[C@@H]1O[C@](CC)(CO)[C@@H](O)[C@H]1Cl.C=C1NC(=O)C=CN1[C@@H]1O[C@@](CO)(CCC)[C@@H](O)[C@H]1Cl.C=C1NC(=O)C=CN1[C@@H]1O[C@](CC)(CO)[C@@H](O)[C@H]1Cl. The van der Waals surface area contributed by atoms with Gasteiger partial charge in [-0.2, -0.15) is 0 Å². The average molecular weight is 1180 g/mol. The summed E-state index contributed by atoms with van der Waals surface area (Å²) in [5.41, 5.74) is 6.87. The van der Waals surface area contributed by atoms with Gasteiger partial charge >= 0.3 is 0 Å². The molecular weight excluding hydrogens is 1110 g/mol. The molecule has 4 saturated heterocycles. The zero-order valence-electron chi connectivity index (χ0n) is 43.8. The van der Waals surface area contributed by atoms with Crippen molar-refractivity contribution in [2.24, 2.45) is 21.5 Å². The number of hydrogen-bond donors (Lipinski definition) is 12. The van der Waals surface area contributed by atoms with Crippen LogP contribution in [0.25, 0.3) is 0 Å². The minimum Gasteiger partial charge on any atom is -0.393 e. The van der Waals surface area contributed by atoms with E-state index in [1.54, 1.807) is 46.2 Å². The molecule has 8 aliphatic heterocycles. The number of aliphatic hydroxyl groups excluding tert-OH is 8. The van der Waals surface area contributed by atoms with Gasteiger partial charge in [-0.05, 0) is 37.8 Å². The molecule has 0 aromatic rings. The van der Waals surface area contributed by atoms with Crippen molar-refractivity contribution in [3.63, 3.8) is 0 Å². The molecule has 0 spiro atoms. The zero-order chi connectivity index (χ0) is 58.2. The predicted molar refractivity (Wildman–Crippen MR) is 292 cm³/mol. The van der Waals surface area contributed by atoms with Gasteiger partial charge in [0.05, 0.1) is 26.4 Å². The third-order valence-electron chi connectivity index (χ3n) is 14.4. The molecule has 8 heterocycles. The molecule has 14 N–H and O–H groups in total. The van der Waals surface area contributed by atoms with Gasteiger partial charge in [0, 0.05) is 37.0 Å². The van der Waals surface area contributed by atoms with E-state index in [4.69, 9.17) is 76.8 Å². The van der Waals surface area contributed by atoms with Crippen LogP contribution in [0.5, 0.6) is 0 Å². The number of hydrogen-bond acceptors (Lipinski definition) is 22. The van der Waals surface area contributed by atoms with Gasteiger partial charge in [0.1, 0.15) is 103 Å². The average Bonchev–Trinajstić information content (AvgIpc) is 4.15. The number of aliphatic imine (C=N–C) groups is 2. The highest BCUT2D eigenvalue weighted by Gasteiger charge is 2.58. The standard InChI is InChI=1S/C13H20ClN3O3.C13H19ClN2O4.C12H18ClN3O3.C12H17ClN2O4/c1-3-5-13(7-18)11(19)10(14)12(20-13)17-6-4-9(15)16-8(17)2;1-3-5-13(7-17)11(19)10(14)12(20-13)16-6-4-9(18)15-8(16)2;1-3-12(6-17)10(18)9(13)11(19-12)16-5-4-8(14)15-7(16)2;1-3-12(6-16)10(18)9(13)11(19-12)15-5-4-8(17)14-7(15)2/h4,6,10-12,18-19H,2-3,5,7H2,1H3,(H2,15,16);4,6,10-12,17,19H,2-3,5,7H2,1H3,(H,15,18);4-5,9-11,17-18H,2-3,6H2,1H3,(H2,14,15);4-5,9-11,16,18H,2-3,6H2,1H3,(H,14,17)/t2*10-,11+,12-,13-;2*9-,10+,11-,12-/m1111/s1. The third kappa shape index (κ3) is 13.0. The summed E-state index contributed by atoms with van der Waals surface area (Å²) >= 11 is 24.9. The van der Waals surface area contributed by atoms with Crippen molar-refractivity contribution in [3.8, 4) is 0 Å². The lowest BCUT2D eigenvalue weighted by molar-refractivity contribution is -0.139. The van der Waals surface area contributed by atoms with Gasteiger partial charge in [-0.3, -0.25) is 9.59 Å². The van der Waals surface area contributed by atoms with E-state index < -0.39 is 93.2 Å². The number of aliphatic hydroxyl groups is 8. The summed E-state index contributed by atoms with van der Waals surface area (Å²) in [4.78, 5) is 36.8.